The predicted molar refractivity (Wildman–Crippen MR) is 89.2 cm³/mol. The summed E-state index contributed by atoms with van der Waals surface area (Å²) in [5, 5.41) is 9.60. The zero-order valence-corrected chi connectivity index (χ0v) is 13.9. The lowest BCUT2D eigenvalue weighted by atomic mass is 9.85. The monoisotopic (exact) mass is 344 g/mol. The number of carboxylic acids is 1. The molecule has 1 aliphatic carbocycles. The molecule has 1 saturated carbocycles. The van der Waals surface area contributed by atoms with Crippen LogP contribution >= 0.6 is 0 Å². The van der Waals surface area contributed by atoms with Gasteiger partial charge in [-0.25, -0.2) is 9.37 Å². The third-order valence-corrected chi connectivity index (χ3v) is 5.49. The molecule has 2 fully saturated rings. The summed E-state index contributed by atoms with van der Waals surface area (Å²) in [7, 11) is 0. The molecule has 0 bridgehead atoms. The topological polar surface area (TPSA) is 66.6 Å². The highest BCUT2D eigenvalue weighted by atomic mass is 19.1. The number of fused-ring (bicyclic) bond motifs is 1. The van der Waals surface area contributed by atoms with E-state index in [2.05, 4.69) is 9.88 Å². The Kier molecular flexibility index (Phi) is 4.29. The van der Waals surface area contributed by atoms with E-state index in [1.54, 1.807) is 18.4 Å². The fourth-order valence-corrected chi connectivity index (χ4v) is 4.31. The number of aliphatic carboxylic acids is 1. The first kappa shape index (κ1) is 16.3. The second kappa shape index (κ2) is 6.59. The van der Waals surface area contributed by atoms with Gasteiger partial charge in [-0.15, -0.1) is 0 Å². The second-order valence-corrected chi connectivity index (χ2v) is 7.02. The number of likely N-dealkylation sites (tertiary alicyclic amines) is 1. The average Bonchev–Trinajstić information content (AvgIpc) is 3.21. The molecule has 132 valence electrons. The van der Waals surface area contributed by atoms with Gasteiger partial charge in [0.25, 0.3) is 0 Å². The van der Waals surface area contributed by atoms with Crippen LogP contribution in [0.4, 0.5) is 4.39 Å². The molecule has 25 heavy (non-hydrogen) atoms. The van der Waals surface area contributed by atoms with Crippen LogP contribution in [0.3, 0.4) is 0 Å². The van der Waals surface area contributed by atoms with Crippen LogP contribution in [0.2, 0.25) is 0 Å². The minimum atomic E-state index is -0.753. The number of benzene rings is 1. The Labute approximate surface area is 145 Å². The lowest BCUT2D eigenvalue weighted by Crippen LogP contribution is -2.41. The molecule has 2 heterocycles. The van der Waals surface area contributed by atoms with Crippen molar-refractivity contribution in [3.8, 4) is 11.5 Å². The van der Waals surface area contributed by atoms with E-state index in [0.717, 1.165) is 31.4 Å². The van der Waals surface area contributed by atoms with Crippen molar-refractivity contribution in [2.24, 2.45) is 5.92 Å². The number of carboxylic acid groups (broad SMARTS) is 1. The number of oxazole rings is 1. The number of nitrogens with zero attached hydrogens (tertiary/aromatic N) is 2. The van der Waals surface area contributed by atoms with Crippen LogP contribution in [0.25, 0.3) is 11.5 Å². The normalized spacial score (nSPS) is 26.5. The average molecular weight is 344 g/mol. The fourth-order valence-electron chi connectivity index (χ4n) is 4.31. The molecular weight excluding hydrogens is 323 g/mol. The molecule has 0 radical (unpaired) electrons. The van der Waals surface area contributed by atoms with Crippen molar-refractivity contribution in [1.82, 2.24) is 9.88 Å². The lowest BCUT2D eigenvalue weighted by Gasteiger charge is -2.32. The smallest absolute Gasteiger partial charge is 0.320 e. The number of hydrogen-bond donors (Lipinski definition) is 1. The largest absolute Gasteiger partial charge is 0.480 e. The first-order valence-corrected chi connectivity index (χ1v) is 8.80. The summed E-state index contributed by atoms with van der Waals surface area (Å²) < 4.78 is 18.6. The van der Waals surface area contributed by atoms with Crippen molar-refractivity contribution < 1.29 is 18.7 Å². The summed E-state index contributed by atoms with van der Waals surface area (Å²) in [4.78, 5) is 18.2. The van der Waals surface area contributed by atoms with Crippen LogP contribution in [0.5, 0.6) is 0 Å². The Hall–Kier alpha value is -2.21. The maximum Gasteiger partial charge on any atom is 0.320 e. The number of halogens is 1. The number of carbonyl (C=O) groups is 1. The van der Waals surface area contributed by atoms with Gasteiger partial charge in [-0.05, 0) is 49.4 Å². The molecule has 1 N–H and O–H groups in total. The first-order chi connectivity index (χ1) is 12.1. The first-order valence-electron chi connectivity index (χ1n) is 8.80. The van der Waals surface area contributed by atoms with Crippen LogP contribution in [-0.2, 0) is 11.3 Å². The van der Waals surface area contributed by atoms with E-state index < -0.39 is 12.0 Å². The summed E-state index contributed by atoms with van der Waals surface area (Å²) in [6, 6.07) is 5.86. The Morgan fingerprint density at radius 2 is 2.04 bits per heavy atom. The summed E-state index contributed by atoms with van der Waals surface area (Å²) in [5.41, 5.74) is 1.43. The molecule has 1 aliphatic heterocycles. The zero-order valence-electron chi connectivity index (χ0n) is 13.9. The minimum absolute atomic E-state index is 0.305. The van der Waals surface area contributed by atoms with E-state index in [1.807, 2.05) is 0 Å². The van der Waals surface area contributed by atoms with Gasteiger partial charge < -0.3 is 9.52 Å². The summed E-state index contributed by atoms with van der Waals surface area (Å²) in [6.45, 7) is 0.475. The Bertz CT molecular complexity index is 758. The van der Waals surface area contributed by atoms with Crippen molar-refractivity contribution in [2.45, 2.75) is 50.7 Å². The van der Waals surface area contributed by atoms with Crippen LogP contribution < -0.4 is 0 Å². The minimum Gasteiger partial charge on any atom is -0.480 e. The molecule has 0 spiro atoms. The third kappa shape index (κ3) is 3.18. The van der Waals surface area contributed by atoms with E-state index in [-0.39, 0.29) is 5.82 Å². The van der Waals surface area contributed by atoms with Crippen molar-refractivity contribution in [3.63, 3.8) is 0 Å². The van der Waals surface area contributed by atoms with Crippen molar-refractivity contribution in [2.75, 3.05) is 0 Å². The highest BCUT2D eigenvalue weighted by Gasteiger charge is 2.45. The highest BCUT2D eigenvalue weighted by molar-refractivity contribution is 5.74. The van der Waals surface area contributed by atoms with Gasteiger partial charge in [0, 0.05) is 18.2 Å². The molecule has 1 aromatic carbocycles. The van der Waals surface area contributed by atoms with Gasteiger partial charge >= 0.3 is 5.97 Å². The molecular formula is C19H21FN2O3. The van der Waals surface area contributed by atoms with Gasteiger partial charge in [-0.3, -0.25) is 9.69 Å². The van der Waals surface area contributed by atoms with Crippen molar-refractivity contribution in [1.29, 1.82) is 0 Å². The maximum absolute atomic E-state index is 13.0. The van der Waals surface area contributed by atoms with E-state index in [0.29, 0.717) is 30.0 Å². The van der Waals surface area contributed by atoms with E-state index in [9.17, 15) is 14.3 Å². The summed E-state index contributed by atoms with van der Waals surface area (Å²) >= 11 is 0. The van der Waals surface area contributed by atoms with Gasteiger partial charge in [-0.1, -0.05) is 12.8 Å². The second-order valence-electron chi connectivity index (χ2n) is 7.02. The molecule has 6 heteroatoms. The van der Waals surface area contributed by atoms with E-state index in [4.69, 9.17) is 4.42 Å². The molecule has 5 nitrogen and oxygen atoms in total. The number of aromatic nitrogens is 1. The summed E-state index contributed by atoms with van der Waals surface area (Å²) in [6.07, 6.45) is 6.82. The van der Waals surface area contributed by atoms with Crippen LogP contribution in [-0.4, -0.2) is 33.0 Å². The third-order valence-electron chi connectivity index (χ3n) is 5.49. The molecule has 1 aromatic heterocycles. The number of rotatable bonds is 4. The van der Waals surface area contributed by atoms with Crippen molar-refractivity contribution >= 4 is 5.97 Å². The quantitative estimate of drug-likeness (QED) is 0.916. The predicted octanol–water partition coefficient (Wildman–Crippen LogP) is 3.70. The maximum atomic E-state index is 13.0. The molecule has 2 aliphatic rings. The van der Waals surface area contributed by atoms with Crippen LogP contribution in [0.1, 0.15) is 37.8 Å². The van der Waals surface area contributed by atoms with Crippen LogP contribution in [0.15, 0.2) is 34.9 Å². The number of hydrogen-bond acceptors (Lipinski definition) is 4. The Morgan fingerprint density at radius 3 is 2.80 bits per heavy atom. The van der Waals surface area contributed by atoms with Gasteiger partial charge in [0.15, 0.2) is 0 Å². The van der Waals surface area contributed by atoms with Crippen molar-refractivity contribution in [3.05, 3.63) is 42.0 Å². The Morgan fingerprint density at radius 1 is 1.28 bits per heavy atom. The SMILES string of the molecule is O=C(O)[C@@H]1C[C@@H]2CCCC[C@@H]2N1Cc1coc(-c2ccc(F)cc2)n1. The van der Waals surface area contributed by atoms with E-state index in [1.165, 1.54) is 18.6 Å². The molecule has 2 aromatic rings. The van der Waals surface area contributed by atoms with Gasteiger partial charge in [0.2, 0.25) is 5.89 Å². The van der Waals surface area contributed by atoms with Gasteiger partial charge in [-0.2, -0.15) is 0 Å². The summed E-state index contributed by atoms with van der Waals surface area (Å²) in [5.74, 6) is -0.156. The molecule has 3 atom stereocenters. The molecule has 1 saturated heterocycles. The standard InChI is InChI=1S/C19H21FN2O3/c20-14-7-5-12(6-8-14)18-21-15(11-25-18)10-22-16-4-2-1-3-13(16)9-17(22)19(23)24/h5-8,11,13,16-17H,1-4,9-10H2,(H,23,24)/t13-,16-,17-/m0/s1. The zero-order chi connectivity index (χ0) is 17.4. The molecule has 0 amide bonds. The molecule has 4 rings (SSSR count). The lowest BCUT2D eigenvalue weighted by molar-refractivity contribution is -0.142. The highest BCUT2D eigenvalue weighted by Crippen LogP contribution is 2.40. The fraction of sp³-hybridized carbons (Fsp3) is 0.474. The molecule has 0 unspecified atom stereocenters. The van der Waals surface area contributed by atoms with E-state index >= 15 is 0 Å². The Balaban J connectivity index is 1.54. The van der Waals surface area contributed by atoms with Crippen LogP contribution in [0, 0.1) is 11.7 Å². The van der Waals surface area contributed by atoms with Gasteiger partial charge in [0.1, 0.15) is 18.1 Å². The van der Waals surface area contributed by atoms with Gasteiger partial charge in [0.05, 0.1) is 5.69 Å².